The second kappa shape index (κ2) is 7.87. The summed E-state index contributed by atoms with van der Waals surface area (Å²) in [6, 6.07) is 4.98. The van der Waals surface area contributed by atoms with E-state index in [1.807, 2.05) is 6.07 Å². The third kappa shape index (κ3) is 4.34. The van der Waals surface area contributed by atoms with Crippen LogP contribution < -0.4 is 5.32 Å². The van der Waals surface area contributed by atoms with Crippen molar-refractivity contribution in [3.63, 3.8) is 0 Å². The lowest BCUT2D eigenvalue weighted by atomic mass is 9.96. The first kappa shape index (κ1) is 15.6. The van der Waals surface area contributed by atoms with Crippen molar-refractivity contribution in [2.24, 2.45) is 5.92 Å². The molecule has 0 saturated heterocycles. The highest BCUT2D eigenvalue weighted by atomic mass is 79.9. The Morgan fingerprint density at radius 1 is 1.33 bits per heavy atom. The molecule has 4 heteroatoms. The number of nitrogens with one attached hydrogen (secondary N) is 1. The van der Waals surface area contributed by atoms with E-state index in [0.717, 1.165) is 18.4 Å². The Hall–Kier alpha value is -0.450. The summed E-state index contributed by atoms with van der Waals surface area (Å²) in [5.41, 5.74) is 0.867. The highest BCUT2D eigenvalue weighted by Crippen LogP contribution is 2.20. The highest BCUT2D eigenvalue weighted by Gasteiger charge is 2.15. The van der Waals surface area contributed by atoms with Crippen molar-refractivity contribution >= 4 is 15.9 Å². The molecule has 0 fully saturated rings. The van der Waals surface area contributed by atoms with Gasteiger partial charge in [-0.25, -0.2) is 4.39 Å². The first-order valence-electron chi connectivity index (χ1n) is 6.41. The van der Waals surface area contributed by atoms with Gasteiger partial charge in [0.25, 0.3) is 0 Å². The lowest BCUT2D eigenvalue weighted by molar-refractivity contribution is 0.101. The summed E-state index contributed by atoms with van der Waals surface area (Å²) in [5, 5.41) is 13.1. The maximum atomic E-state index is 13.3. The summed E-state index contributed by atoms with van der Waals surface area (Å²) in [6.45, 7) is 5.26. The summed E-state index contributed by atoms with van der Waals surface area (Å²) in [6.07, 6.45) is 1.61. The Kier molecular flexibility index (Phi) is 6.82. The van der Waals surface area contributed by atoms with Gasteiger partial charge in [-0.2, -0.15) is 0 Å². The fraction of sp³-hybridized carbons (Fsp3) is 0.571. The van der Waals surface area contributed by atoms with Gasteiger partial charge in [-0.05, 0) is 33.5 Å². The predicted molar refractivity (Wildman–Crippen MR) is 75.9 cm³/mol. The van der Waals surface area contributed by atoms with Crippen LogP contribution in [0, 0.1) is 11.7 Å². The molecule has 0 radical (unpaired) electrons. The van der Waals surface area contributed by atoms with Gasteiger partial charge in [-0.3, -0.25) is 0 Å². The lowest BCUT2D eigenvalue weighted by Gasteiger charge is -2.20. The number of benzene rings is 1. The molecule has 0 bridgehead atoms. The van der Waals surface area contributed by atoms with E-state index >= 15 is 0 Å². The van der Waals surface area contributed by atoms with Crippen LogP contribution in [0.4, 0.5) is 4.39 Å². The van der Waals surface area contributed by atoms with E-state index in [9.17, 15) is 9.50 Å². The minimum absolute atomic E-state index is 0.255. The average Bonchev–Trinajstić information content (AvgIpc) is 2.36. The van der Waals surface area contributed by atoms with Crippen LogP contribution in [0.1, 0.15) is 32.3 Å². The molecule has 0 aromatic heterocycles. The van der Waals surface area contributed by atoms with Gasteiger partial charge in [0, 0.05) is 13.1 Å². The summed E-state index contributed by atoms with van der Waals surface area (Å²) in [7, 11) is 0. The van der Waals surface area contributed by atoms with E-state index in [4.69, 9.17) is 0 Å². The van der Waals surface area contributed by atoms with Crippen molar-refractivity contribution in [1.82, 2.24) is 5.32 Å². The Bertz CT molecular complexity index is 369. The highest BCUT2D eigenvalue weighted by molar-refractivity contribution is 9.10. The molecule has 0 heterocycles. The Balaban J connectivity index is 2.44. The van der Waals surface area contributed by atoms with Crippen molar-refractivity contribution < 1.29 is 9.50 Å². The molecule has 1 aromatic carbocycles. The largest absolute Gasteiger partial charge is 0.392 e. The predicted octanol–water partition coefficient (Wildman–Crippen LogP) is 3.47. The van der Waals surface area contributed by atoms with Gasteiger partial charge in [0.1, 0.15) is 5.82 Å². The molecule has 1 rings (SSSR count). The van der Waals surface area contributed by atoms with Gasteiger partial charge in [0.05, 0.1) is 10.6 Å². The molecule has 0 aliphatic heterocycles. The summed E-state index contributed by atoms with van der Waals surface area (Å²) >= 11 is 3.23. The van der Waals surface area contributed by atoms with E-state index in [2.05, 4.69) is 35.1 Å². The molecule has 0 aliphatic rings. The number of hydrogen-bond donors (Lipinski definition) is 2. The summed E-state index contributed by atoms with van der Waals surface area (Å²) < 4.78 is 13.8. The number of aliphatic hydroxyl groups excluding tert-OH is 1. The molecule has 1 aromatic rings. The molecular weight excluding hydrogens is 297 g/mol. The van der Waals surface area contributed by atoms with Gasteiger partial charge < -0.3 is 10.4 Å². The van der Waals surface area contributed by atoms with Crippen LogP contribution in [-0.2, 0) is 6.54 Å². The molecular formula is C14H21BrFNO. The molecule has 2 nitrogen and oxygen atoms in total. The molecule has 1 unspecified atom stereocenters. The van der Waals surface area contributed by atoms with E-state index in [1.54, 1.807) is 6.07 Å². The average molecular weight is 318 g/mol. The first-order valence-corrected chi connectivity index (χ1v) is 7.21. The molecule has 1 atom stereocenters. The summed E-state index contributed by atoms with van der Waals surface area (Å²) in [4.78, 5) is 0. The maximum absolute atomic E-state index is 13.3. The molecule has 0 spiro atoms. The van der Waals surface area contributed by atoms with Crippen molar-refractivity contribution in [2.75, 3.05) is 6.54 Å². The van der Waals surface area contributed by atoms with Gasteiger partial charge in [0.2, 0.25) is 0 Å². The monoisotopic (exact) mass is 317 g/mol. The third-order valence-corrected chi connectivity index (χ3v) is 4.18. The quantitative estimate of drug-likeness (QED) is 0.807. The van der Waals surface area contributed by atoms with E-state index in [1.165, 1.54) is 6.07 Å². The van der Waals surface area contributed by atoms with Crippen molar-refractivity contribution in [3.05, 3.63) is 34.1 Å². The van der Waals surface area contributed by atoms with Gasteiger partial charge >= 0.3 is 0 Å². The molecule has 0 amide bonds. The second-order valence-electron chi connectivity index (χ2n) is 4.49. The number of halogens is 2. The van der Waals surface area contributed by atoms with Crippen molar-refractivity contribution in [3.8, 4) is 0 Å². The third-order valence-electron chi connectivity index (χ3n) is 3.29. The minimum Gasteiger partial charge on any atom is -0.392 e. The standard InChI is InChI=1S/C14H21BrFNO/c1-3-10(4-2)13(18)9-17-8-11-6-5-7-12(16)14(11)15/h5-7,10,13,17-18H,3-4,8-9H2,1-2H3. The zero-order chi connectivity index (χ0) is 13.5. The zero-order valence-corrected chi connectivity index (χ0v) is 12.5. The Morgan fingerprint density at radius 2 is 2.00 bits per heavy atom. The van der Waals surface area contributed by atoms with Crippen LogP contribution in [0.15, 0.2) is 22.7 Å². The molecule has 0 aliphatic carbocycles. The van der Waals surface area contributed by atoms with Crippen LogP contribution in [0.25, 0.3) is 0 Å². The van der Waals surface area contributed by atoms with Crippen LogP contribution >= 0.6 is 15.9 Å². The van der Waals surface area contributed by atoms with Crippen molar-refractivity contribution in [1.29, 1.82) is 0 Å². The molecule has 102 valence electrons. The van der Waals surface area contributed by atoms with E-state index in [0.29, 0.717) is 23.5 Å². The second-order valence-corrected chi connectivity index (χ2v) is 5.28. The van der Waals surface area contributed by atoms with Crippen LogP contribution in [0.3, 0.4) is 0 Å². The van der Waals surface area contributed by atoms with Crippen LogP contribution in [0.5, 0.6) is 0 Å². The fourth-order valence-electron chi connectivity index (χ4n) is 2.04. The Labute approximate surface area is 117 Å². The SMILES string of the molecule is CCC(CC)C(O)CNCc1cccc(F)c1Br. The van der Waals surface area contributed by atoms with Crippen molar-refractivity contribution in [2.45, 2.75) is 39.3 Å². The molecule has 18 heavy (non-hydrogen) atoms. The topological polar surface area (TPSA) is 32.3 Å². The molecule has 2 N–H and O–H groups in total. The van der Waals surface area contributed by atoms with E-state index in [-0.39, 0.29) is 11.9 Å². The minimum atomic E-state index is -0.340. The number of aliphatic hydroxyl groups is 1. The number of rotatable bonds is 7. The normalized spacial score (nSPS) is 13.0. The smallest absolute Gasteiger partial charge is 0.137 e. The zero-order valence-electron chi connectivity index (χ0n) is 10.9. The molecule has 0 saturated carbocycles. The number of hydrogen-bond acceptors (Lipinski definition) is 2. The van der Waals surface area contributed by atoms with E-state index < -0.39 is 0 Å². The Morgan fingerprint density at radius 3 is 2.61 bits per heavy atom. The van der Waals surface area contributed by atoms with Crippen LogP contribution in [-0.4, -0.2) is 17.8 Å². The lowest BCUT2D eigenvalue weighted by Crippen LogP contribution is -2.32. The first-order chi connectivity index (χ1) is 8.60. The van der Waals surface area contributed by atoms with Crippen LogP contribution in [0.2, 0.25) is 0 Å². The maximum Gasteiger partial charge on any atom is 0.137 e. The van der Waals surface area contributed by atoms with Gasteiger partial charge in [-0.1, -0.05) is 38.8 Å². The van der Waals surface area contributed by atoms with Gasteiger partial charge in [-0.15, -0.1) is 0 Å². The van der Waals surface area contributed by atoms with Gasteiger partial charge in [0.15, 0.2) is 0 Å². The fourth-order valence-corrected chi connectivity index (χ4v) is 2.44. The summed E-state index contributed by atoms with van der Waals surface area (Å²) in [5.74, 6) is 0.0725.